The molecular weight excluding hydrogens is 336 g/mol. The fraction of sp³-hybridized carbons (Fsp3) is 0.526. The van der Waals surface area contributed by atoms with Gasteiger partial charge in [-0.3, -0.25) is 9.59 Å². The summed E-state index contributed by atoms with van der Waals surface area (Å²) in [5.41, 5.74) is 1.01. The average molecular weight is 362 g/mol. The number of rotatable bonds is 8. The summed E-state index contributed by atoms with van der Waals surface area (Å²) in [4.78, 5) is 36.2. The lowest BCUT2D eigenvalue weighted by atomic mass is 10.1. The molecule has 0 atom stereocenters. The molecule has 1 aliphatic heterocycles. The second-order valence-corrected chi connectivity index (χ2v) is 6.41. The molecule has 2 N–H and O–H groups in total. The number of nitrogens with zero attached hydrogens (tertiary/aromatic N) is 1. The molecule has 7 heteroatoms. The zero-order valence-corrected chi connectivity index (χ0v) is 14.9. The number of aliphatic carboxylic acids is 1. The maximum absolute atomic E-state index is 12.1. The first-order valence-electron chi connectivity index (χ1n) is 9.02. The number of amides is 2. The Bertz CT molecular complexity index is 615. The molecule has 0 spiro atoms. The van der Waals surface area contributed by atoms with E-state index in [9.17, 15) is 14.4 Å². The van der Waals surface area contributed by atoms with Crippen molar-refractivity contribution in [1.29, 1.82) is 0 Å². The van der Waals surface area contributed by atoms with Gasteiger partial charge in [0.05, 0.1) is 6.54 Å². The van der Waals surface area contributed by atoms with Gasteiger partial charge in [0.2, 0.25) is 11.8 Å². The van der Waals surface area contributed by atoms with Crippen LogP contribution in [0.1, 0.15) is 37.7 Å². The number of benzene rings is 1. The van der Waals surface area contributed by atoms with Crippen LogP contribution >= 0.6 is 0 Å². The van der Waals surface area contributed by atoms with E-state index in [0.717, 1.165) is 31.2 Å². The van der Waals surface area contributed by atoms with Crippen molar-refractivity contribution in [3.05, 3.63) is 29.8 Å². The van der Waals surface area contributed by atoms with Gasteiger partial charge >= 0.3 is 5.97 Å². The number of carbonyl (C=O) groups is 3. The van der Waals surface area contributed by atoms with Crippen LogP contribution < -0.4 is 10.1 Å². The van der Waals surface area contributed by atoms with E-state index >= 15 is 0 Å². The maximum Gasteiger partial charge on any atom is 0.341 e. The Morgan fingerprint density at radius 3 is 2.58 bits per heavy atom. The first-order valence-corrected chi connectivity index (χ1v) is 9.02. The van der Waals surface area contributed by atoms with Gasteiger partial charge in [-0.15, -0.1) is 0 Å². The third-order valence-corrected chi connectivity index (χ3v) is 4.28. The molecule has 1 aromatic rings. The molecule has 0 aliphatic carbocycles. The van der Waals surface area contributed by atoms with Gasteiger partial charge < -0.3 is 20.1 Å². The summed E-state index contributed by atoms with van der Waals surface area (Å²) in [6.07, 6.45) is 5.24. The van der Waals surface area contributed by atoms with Gasteiger partial charge in [0.15, 0.2) is 6.61 Å². The summed E-state index contributed by atoms with van der Waals surface area (Å²) in [6, 6.07) is 7.09. The Labute approximate surface area is 153 Å². The molecule has 0 radical (unpaired) electrons. The average Bonchev–Trinajstić information content (AvgIpc) is 2.61. The van der Waals surface area contributed by atoms with E-state index in [2.05, 4.69) is 5.32 Å². The predicted molar refractivity (Wildman–Crippen MR) is 96.0 cm³/mol. The molecule has 26 heavy (non-hydrogen) atoms. The zero-order chi connectivity index (χ0) is 18.8. The largest absolute Gasteiger partial charge is 0.482 e. The zero-order valence-electron chi connectivity index (χ0n) is 14.9. The minimum Gasteiger partial charge on any atom is -0.482 e. The Hall–Kier alpha value is -2.57. The standard InChI is InChI=1S/C19H26N2O5/c22-17(13-21-12-4-2-1-3-5-18(21)23)20-11-10-15-6-8-16(9-7-15)26-14-19(24)25/h6-9H,1-5,10-14H2,(H,20,22)(H,24,25). The SMILES string of the molecule is O=C(O)COc1ccc(CCNC(=O)CN2CCCCCCC2=O)cc1. The second-order valence-electron chi connectivity index (χ2n) is 6.41. The molecule has 1 heterocycles. The summed E-state index contributed by atoms with van der Waals surface area (Å²) in [5, 5.41) is 11.4. The van der Waals surface area contributed by atoms with Crippen molar-refractivity contribution < 1.29 is 24.2 Å². The number of hydrogen-bond donors (Lipinski definition) is 2. The van der Waals surface area contributed by atoms with Gasteiger partial charge in [-0.2, -0.15) is 0 Å². The smallest absolute Gasteiger partial charge is 0.341 e. The van der Waals surface area contributed by atoms with Crippen molar-refractivity contribution in [2.75, 3.05) is 26.2 Å². The van der Waals surface area contributed by atoms with Crippen LogP contribution in [0, 0.1) is 0 Å². The van der Waals surface area contributed by atoms with E-state index in [1.54, 1.807) is 17.0 Å². The first kappa shape index (κ1) is 19.8. The summed E-state index contributed by atoms with van der Waals surface area (Å²) in [7, 11) is 0. The van der Waals surface area contributed by atoms with Crippen LogP contribution in [0.5, 0.6) is 5.75 Å². The summed E-state index contributed by atoms with van der Waals surface area (Å²) in [6.45, 7) is 0.895. The molecule has 0 bridgehead atoms. The molecular formula is C19H26N2O5. The number of likely N-dealkylation sites (tertiary alicyclic amines) is 1. The predicted octanol–water partition coefficient (Wildman–Crippen LogP) is 1.60. The van der Waals surface area contributed by atoms with Gasteiger partial charge in [0, 0.05) is 19.5 Å². The van der Waals surface area contributed by atoms with Crippen molar-refractivity contribution in [3.8, 4) is 5.75 Å². The lowest BCUT2D eigenvalue weighted by molar-refractivity contribution is -0.139. The van der Waals surface area contributed by atoms with Gasteiger partial charge in [0.1, 0.15) is 5.75 Å². The highest BCUT2D eigenvalue weighted by Crippen LogP contribution is 2.13. The van der Waals surface area contributed by atoms with E-state index < -0.39 is 5.97 Å². The highest BCUT2D eigenvalue weighted by molar-refractivity contribution is 5.84. The molecule has 142 valence electrons. The van der Waals surface area contributed by atoms with Crippen LogP contribution in [0.3, 0.4) is 0 Å². The molecule has 1 fully saturated rings. The Balaban J connectivity index is 1.70. The molecule has 2 rings (SSSR count). The van der Waals surface area contributed by atoms with Crippen molar-refractivity contribution in [2.24, 2.45) is 0 Å². The number of carboxylic acids is 1. The number of ether oxygens (including phenoxy) is 1. The second kappa shape index (κ2) is 10.4. The van der Waals surface area contributed by atoms with E-state index in [-0.39, 0.29) is 25.0 Å². The fourth-order valence-electron chi connectivity index (χ4n) is 2.86. The summed E-state index contributed by atoms with van der Waals surface area (Å²) < 4.78 is 5.07. The molecule has 1 aliphatic rings. The van der Waals surface area contributed by atoms with E-state index in [4.69, 9.17) is 9.84 Å². The van der Waals surface area contributed by atoms with Crippen LogP contribution in [0.2, 0.25) is 0 Å². The highest BCUT2D eigenvalue weighted by atomic mass is 16.5. The summed E-state index contributed by atoms with van der Waals surface area (Å²) >= 11 is 0. The molecule has 1 saturated heterocycles. The third-order valence-electron chi connectivity index (χ3n) is 4.28. The minimum atomic E-state index is -1.02. The van der Waals surface area contributed by atoms with Crippen LogP contribution in [0.4, 0.5) is 0 Å². The monoisotopic (exact) mass is 362 g/mol. The van der Waals surface area contributed by atoms with Crippen molar-refractivity contribution >= 4 is 17.8 Å². The fourth-order valence-corrected chi connectivity index (χ4v) is 2.86. The molecule has 0 aromatic heterocycles. The highest BCUT2D eigenvalue weighted by Gasteiger charge is 2.18. The van der Waals surface area contributed by atoms with Gasteiger partial charge in [-0.25, -0.2) is 4.79 Å². The molecule has 7 nitrogen and oxygen atoms in total. The van der Waals surface area contributed by atoms with Crippen molar-refractivity contribution in [1.82, 2.24) is 10.2 Å². The van der Waals surface area contributed by atoms with Crippen LogP contribution in [0.25, 0.3) is 0 Å². The molecule has 0 unspecified atom stereocenters. The Kier molecular flexibility index (Phi) is 7.92. The Morgan fingerprint density at radius 2 is 1.85 bits per heavy atom. The molecule has 1 aromatic carbocycles. The van der Waals surface area contributed by atoms with Crippen LogP contribution in [-0.2, 0) is 20.8 Å². The normalized spacial score (nSPS) is 15.1. The quantitative estimate of drug-likeness (QED) is 0.732. The number of nitrogens with one attached hydrogen (secondary N) is 1. The number of hydrogen-bond acceptors (Lipinski definition) is 4. The van der Waals surface area contributed by atoms with E-state index in [1.807, 2.05) is 12.1 Å². The van der Waals surface area contributed by atoms with Crippen molar-refractivity contribution in [2.45, 2.75) is 38.5 Å². The molecule has 0 saturated carbocycles. The topological polar surface area (TPSA) is 95.9 Å². The third kappa shape index (κ3) is 7.13. The molecule has 2 amide bonds. The van der Waals surface area contributed by atoms with E-state index in [0.29, 0.717) is 31.7 Å². The maximum atomic E-state index is 12.1. The van der Waals surface area contributed by atoms with Gasteiger partial charge in [0.25, 0.3) is 0 Å². The van der Waals surface area contributed by atoms with Crippen LogP contribution in [0.15, 0.2) is 24.3 Å². The number of carboxylic acid groups (broad SMARTS) is 1. The van der Waals surface area contributed by atoms with E-state index in [1.165, 1.54) is 0 Å². The first-order chi connectivity index (χ1) is 12.5. The number of carbonyl (C=O) groups excluding carboxylic acids is 2. The lowest BCUT2D eigenvalue weighted by Gasteiger charge is -2.24. The Morgan fingerprint density at radius 1 is 1.12 bits per heavy atom. The lowest BCUT2D eigenvalue weighted by Crippen LogP contribution is -2.42. The van der Waals surface area contributed by atoms with Crippen LogP contribution in [-0.4, -0.2) is 54.0 Å². The van der Waals surface area contributed by atoms with Crippen molar-refractivity contribution in [3.63, 3.8) is 0 Å². The summed E-state index contributed by atoms with van der Waals surface area (Å²) in [5.74, 6) is -0.594. The van der Waals surface area contributed by atoms with Gasteiger partial charge in [-0.1, -0.05) is 25.0 Å². The van der Waals surface area contributed by atoms with Gasteiger partial charge in [-0.05, 0) is 37.0 Å². The minimum absolute atomic E-state index is 0.0665.